The third-order valence-corrected chi connectivity index (χ3v) is 4.80. The number of hydrogen-bond donors (Lipinski definition) is 1. The molecular formula is C20H26ClN3O3. The molecule has 1 heterocycles. The van der Waals surface area contributed by atoms with Crippen molar-refractivity contribution in [1.29, 1.82) is 0 Å². The van der Waals surface area contributed by atoms with Crippen molar-refractivity contribution in [3.8, 4) is 0 Å². The fourth-order valence-electron chi connectivity index (χ4n) is 3.24. The summed E-state index contributed by atoms with van der Waals surface area (Å²) in [5.41, 5.74) is 0.603. The number of ether oxygens (including phenoxy) is 1. The molecule has 1 aromatic carbocycles. The van der Waals surface area contributed by atoms with Crippen molar-refractivity contribution in [3.05, 3.63) is 46.6 Å². The highest BCUT2D eigenvalue weighted by Gasteiger charge is 2.28. The van der Waals surface area contributed by atoms with Crippen molar-refractivity contribution in [2.45, 2.75) is 70.4 Å². The van der Waals surface area contributed by atoms with E-state index in [9.17, 15) is 4.79 Å². The smallest absolute Gasteiger partial charge is 0.407 e. The molecule has 0 saturated heterocycles. The van der Waals surface area contributed by atoms with E-state index in [-0.39, 0.29) is 18.1 Å². The van der Waals surface area contributed by atoms with Crippen molar-refractivity contribution >= 4 is 17.7 Å². The Morgan fingerprint density at radius 3 is 2.48 bits per heavy atom. The molecule has 6 nitrogen and oxygen atoms in total. The largest absolute Gasteiger partial charge is 0.444 e. The highest BCUT2D eigenvalue weighted by Crippen LogP contribution is 2.32. The third-order valence-electron chi connectivity index (χ3n) is 4.55. The number of amides is 1. The monoisotopic (exact) mass is 391 g/mol. The van der Waals surface area contributed by atoms with Crippen LogP contribution in [0.4, 0.5) is 4.79 Å². The average Bonchev–Trinajstić information content (AvgIpc) is 3.04. The van der Waals surface area contributed by atoms with Crippen LogP contribution < -0.4 is 5.32 Å². The number of alkyl carbamates (subject to hydrolysis) is 1. The zero-order valence-corrected chi connectivity index (χ0v) is 16.8. The van der Waals surface area contributed by atoms with E-state index in [1.54, 1.807) is 0 Å². The van der Waals surface area contributed by atoms with Gasteiger partial charge in [-0.1, -0.05) is 23.7 Å². The quantitative estimate of drug-likeness (QED) is 0.804. The number of carbonyl (C=O) groups is 1. The van der Waals surface area contributed by atoms with Crippen LogP contribution in [0.25, 0.3) is 0 Å². The summed E-state index contributed by atoms with van der Waals surface area (Å²) in [5, 5.41) is 12.1. The Labute approximate surface area is 164 Å². The van der Waals surface area contributed by atoms with Crippen molar-refractivity contribution < 1.29 is 13.9 Å². The molecule has 1 N–H and O–H groups in total. The van der Waals surface area contributed by atoms with Gasteiger partial charge in [0.1, 0.15) is 5.60 Å². The summed E-state index contributed by atoms with van der Waals surface area (Å²) >= 11 is 5.91. The molecule has 146 valence electrons. The Hall–Kier alpha value is -2.08. The minimum absolute atomic E-state index is 0.132. The third kappa shape index (κ3) is 5.96. The van der Waals surface area contributed by atoms with Gasteiger partial charge in [0.05, 0.1) is 6.42 Å². The predicted molar refractivity (Wildman–Crippen MR) is 103 cm³/mol. The fourth-order valence-corrected chi connectivity index (χ4v) is 3.36. The Balaban J connectivity index is 1.49. The molecule has 0 atom stereocenters. The first-order valence-electron chi connectivity index (χ1n) is 9.35. The van der Waals surface area contributed by atoms with E-state index in [1.807, 2.05) is 45.0 Å². The molecule has 3 rings (SSSR count). The van der Waals surface area contributed by atoms with Crippen LogP contribution in [0.15, 0.2) is 28.7 Å². The van der Waals surface area contributed by atoms with E-state index in [0.29, 0.717) is 23.2 Å². The maximum atomic E-state index is 11.9. The SMILES string of the molecule is CC(C)(C)OC(=O)NC1CCC(c2nnc(Cc3ccc(Cl)cc3)o2)CC1. The second-order valence-corrected chi connectivity index (χ2v) is 8.47. The number of hydrogen-bond acceptors (Lipinski definition) is 5. The van der Waals surface area contributed by atoms with Crippen LogP contribution in [0.3, 0.4) is 0 Å². The van der Waals surface area contributed by atoms with Gasteiger partial charge < -0.3 is 14.5 Å². The number of rotatable bonds is 4. The van der Waals surface area contributed by atoms with Crippen molar-refractivity contribution in [1.82, 2.24) is 15.5 Å². The standard InChI is InChI=1S/C20H26ClN3O3/c1-20(2,3)27-19(25)22-16-10-6-14(7-11-16)18-24-23-17(26-18)12-13-4-8-15(21)9-5-13/h4-5,8-9,14,16H,6-7,10-12H2,1-3H3,(H,22,25). The van der Waals surface area contributed by atoms with Gasteiger partial charge in [-0.3, -0.25) is 0 Å². The Morgan fingerprint density at radius 2 is 1.85 bits per heavy atom. The fraction of sp³-hybridized carbons (Fsp3) is 0.550. The van der Waals surface area contributed by atoms with E-state index in [2.05, 4.69) is 15.5 Å². The summed E-state index contributed by atoms with van der Waals surface area (Å²) in [6.45, 7) is 5.59. The first-order valence-corrected chi connectivity index (χ1v) is 9.72. The highest BCUT2D eigenvalue weighted by atomic mass is 35.5. The number of nitrogens with zero attached hydrogens (tertiary/aromatic N) is 2. The summed E-state index contributed by atoms with van der Waals surface area (Å²) in [6, 6.07) is 7.76. The molecule has 1 aromatic heterocycles. The second-order valence-electron chi connectivity index (χ2n) is 8.03. The molecule has 7 heteroatoms. The van der Waals surface area contributed by atoms with Crippen LogP contribution in [0.5, 0.6) is 0 Å². The molecule has 2 aromatic rings. The zero-order valence-electron chi connectivity index (χ0n) is 16.0. The summed E-state index contributed by atoms with van der Waals surface area (Å²) < 4.78 is 11.2. The lowest BCUT2D eigenvalue weighted by Gasteiger charge is -2.28. The maximum absolute atomic E-state index is 11.9. The summed E-state index contributed by atoms with van der Waals surface area (Å²) in [5.74, 6) is 1.55. The van der Waals surface area contributed by atoms with Crippen LogP contribution in [-0.2, 0) is 11.2 Å². The van der Waals surface area contributed by atoms with E-state index >= 15 is 0 Å². The van der Waals surface area contributed by atoms with Gasteiger partial charge in [0.25, 0.3) is 0 Å². The van der Waals surface area contributed by atoms with Gasteiger partial charge in [-0.2, -0.15) is 0 Å². The van der Waals surface area contributed by atoms with Crippen LogP contribution in [0, 0.1) is 0 Å². The average molecular weight is 392 g/mol. The summed E-state index contributed by atoms with van der Waals surface area (Å²) in [7, 11) is 0. The molecule has 27 heavy (non-hydrogen) atoms. The number of nitrogens with one attached hydrogen (secondary N) is 1. The lowest BCUT2D eigenvalue weighted by molar-refractivity contribution is 0.0490. The van der Waals surface area contributed by atoms with Crippen LogP contribution >= 0.6 is 11.6 Å². The minimum Gasteiger partial charge on any atom is -0.444 e. The van der Waals surface area contributed by atoms with E-state index in [4.69, 9.17) is 20.8 Å². The normalized spacial score (nSPS) is 20.3. The van der Waals surface area contributed by atoms with Gasteiger partial charge in [-0.15, -0.1) is 10.2 Å². The molecule has 0 radical (unpaired) electrons. The van der Waals surface area contributed by atoms with Crippen molar-refractivity contribution in [2.75, 3.05) is 0 Å². The molecule has 1 saturated carbocycles. The van der Waals surface area contributed by atoms with Crippen molar-refractivity contribution in [2.24, 2.45) is 0 Å². The van der Waals surface area contributed by atoms with Crippen LogP contribution in [0.1, 0.15) is 69.7 Å². The Kier molecular flexibility index (Phi) is 6.05. The molecule has 1 fully saturated rings. The van der Waals surface area contributed by atoms with Crippen molar-refractivity contribution in [3.63, 3.8) is 0 Å². The summed E-state index contributed by atoms with van der Waals surface area (Å²) in [4.78, 5) is 11.9. The van der Waals surface area contributed by atoms with E-state index < -0.39 is 5.60 Å². The van der Waals surface area contributed by atoms with Gasteiger partial charge in [0.2, 0.25) is 11.8 Å². The minimum atomic E-state index is -0.481. The topological polar surface area (TPSA) is 77.2 Å². The summed E-state index contributed by atoms with van der Waals surface area (Å²) in [6.07, 6.45) is 3.80. The second kappa shape index (κ2) is 8.30. The van der Waals surface area contributed by atoms with Gasteiger partial charge >= 0.3 is 6.09 Å². The van der Waals surface area contributed by atoms with Gasteiger partial charge in [0, 0.05) is 17.0 Å². The highest BCUT2D eigenvalue weighted by molar-refractivity contribution is 6.30. The van der Waals surface area contributed by atoms with E-state index in [1.165, 1.54) is 0 Å². The molecule has 0 spiro atoms. The first kappa shape index (κ1) is 19.7. The van der Waals surface area contributed by atoms with Gasteiger partial charge in [-0.05, 0) is 64.2 Å². The van der Waals surface area contributed by atoms with E-state index in [0.717, 1.165) is 31.2 Å². The molecule has 0 aliphatic heterocycles. The van der Waals surface area contributed by atoms with Gasteiger partial charge in [-0.25, -0.2) is 4.79 Å². The molecule has 1 aliphatic carbocycles. The Bertz CT molecular complexity index is 760. The lowest BCUT2D eigenvalue weighted by atomic mass is 9.86. The molecule has 0 bridgehead atoms. The number of benzene rings is 1. The zero-order chi connectivity index (χ0) is 19.4. The number of aromatic nitrogens is 2. The lowest BCUT2D eigenvalue weighted by Crippen LogP contribution is -2.40. The number of halogens is 1. The number of carbonyl (C=O) groups excluding carboxylic acids is 1. The maximum Gasteiger partial charge on any atom is 0.407 e. The predicted octanol–water partition coefficient (Wildman–Crippen LogP) is 4.86. The Morgan fingerprint density at radius 1 is 1.19 bits per heavy atom. The van der Waals surface area contributed by atoms with Crippen LogP contribution in [-0.4, -0.2) is 27.9 Å². The first-order chi connectivity index (χ1) is 12.8. The molecule has 1 aliphatic rings. The molecule has 0 unspecified atom stereocenters. The van der Waals surface area contributed by atoms with Gasteiger partial charge in [0.15, 0.2) is 0 Å². The molecular weight excluding hydrogens is 366 g/mol. The van der Waals surface area contributed by atoms with Crippen LogP contribution in [0.2, 0.25) is 5.02 Å². The molecule has 1 amide bonds.